The number of carbonyl (C=O) groups excluding carboxylic acids is 3. The molecule has 6 heteroatoms. The second kappa shape index (κ2) is 7.73. The number of anilines is 1. The lowest BCUT2D eigenvalue weighted by atomic mass is 9.48. The predicted molar refractivity (Wildman–Crippen MR) is 118 cm³/mol. The zero-order valence-electron chi connectivity index (χ0n) is 18.6. The van der Waals surface area contributed by atoms with Crippen LogP contribution in [0.5, 0.6) is 0 Å². The van der Waals surface area contributed by atoms with Gasteiger partial charge in [-0.05, 0) is 42.9 Å². The lowest BCUT2D eigenvalue weighted by Crippen LogP contribution is -2.56. The zero-order valence-corrected chi connectivity index (χ0v) is 18.6. The van der Waals surface area contributed by atoms with Crippen molar-refractivity contribution in [3.63, 3.8) is 0 Å². The third-order valence-electron chi connectivity index (χ3n) is 8.28. The van der Waals surface area contributed by atoms with E-state index in [2.05, 4.69) is 47.9 Å². The Morgan fingerprint density at radius 3 is 2.32 bits per heavy atom. The average Bonchev–Trinajstić information content (AvgIpc) is 3.00. The van der Waals surface area contributed by atoms with Crippen LogP contribution in [0.4, 0.5) is 5.69 Å². The van der Waals surface area contributed by atoms with Gasteiger partial charge in [0.25, 0.3) is 0 Å². The Hall–Kier alpha value is -2.21. The minimum Gasteiger partial charge on any atom is -0.369 e. The first kappa shape index (κ1) is 20.7. The number of ketones is 1. The van der Waals surface area contributed by atoms with Crippen LogP contribution in [0.1, 0.15) is 33.1 Å². The topological polar surface area (TPSA) is 60.9 Å². The van der Waals surface area contributed by atoms with E-state index in [4.69, 9.17) is 0 Å². The first-order chi connectivity index (χ1) is 14.9. The maximum absolute atomic E-state index is 13.2. The number of Topliss-reactive ketones (excluding diaryl/α,β-unsaturated/α-hetero) is 1. The summed E-state index contributed by atoms with van der Waals surface area (Å²) < 4.78 is 0. The fraction of sp³-hybridized carbons (Fsp3) is 0.640. The molecule has 0 spiro atoms. The van der Waals surface area contributed by atoms with E-state index in [0.717, 1.165) is 45.6 Å². The molecule has 3 unspecified atom stereocenters. The minimum absolute atomic E-state index is 0.0178. The molecule has 5 atom stereocenters. The van der Waals surface area contributed by atoms with Gasteiger partial charge in [0.05, 0.1) is 11.8 Å². The number of imide groups is 1. The van der Waals surface area contributed by atoms with Crippen LogP contribution in [-0.4, -0.2) is 66.7 Å². The molecule has 166 valence electrons. The van der Waals surface area contributed by atoms with E-state index in [0.29, 0.717) is 13.0 Å². The van der Waals surface area contributed by atoms with Gasteiger partial charge >= 0.3 is 0 Å². The predicted octanol–water partition coefficient (Wildman–Crippen LogP) is 2.44. The van der Waals surface area contributed by atoms with Crippen LogP contribution in [0.2, 0.25) is 0 Å². The molecule has 0 aromatic heterocycles. The van der Waals surface area contributed by atoms with Crippen molar-refractivity contribution < 1.29 is 14.4 Å². The van der Waals surface area contributed by atoms with E-state index in [9.17, 15) is 14.4 Å². The zero-order chi connectivity index (χ0) is 21.8. The fourth-order valence-corrected chi connectivity index (χ4v) is 6.95. The van der Waals surface area contributed by atoms with Crippen molar-refractivity contribution in [3.8, 4) is 0 Å². The van der Waals surface area contributed by atoms with Gasteiger partial charge in [0.2, 0.25) is 11.8 Å². The summed E-state index contributed by atoms with van der Waals surface area (Å²) in [5, 5.41) is 0. The quantitative estimate of drug-likeness (QED) is 0.681. The number of fused-ring (bicyclic) bond motifs is 2. The van der Waals surface area contributed by atoms with E-state index in [1.54, 1.807) is 0 Å². The normalized spacial score (nSPS) is 35.7. The molecule has 2 bridgehead atoms. The average molecular weight is 424 g/mol. The summed E-state index contributed by atoms with van der Waals surface area (Å²) in [5.41, 5.74) is 0.926. The monoisotopic (exact) mass is 423 g/mol. The van der Waals surface area contributed by atoms with Gasteiger partial charge in [-0.25, -0.2) is 0 Å². The Kier molecular flexibility index (Phi) is 5.16. The van der Waals surface area contributed by atoms with Gasteiger partial charge in [0.15, 0.2) is 0 Å². The summed E-state index contributed by atoms with van der Waals surface area (Å²) in [4.78, 5) is 45.4. The van der Waals surface area contributed by atoms with Gasteiger partial charge < -0.3 is 4.90 Å². The Balaban J connectivity index is 1.17. The van der Waals surface area contributed by atoms with Gasteiger partial charge in [-0.15, -0.1) is 0 Å². The highest BCUT2D eigenvalue weighted by Crippen LogP contribution is 2.60. The number of amides is 2. The van der Waals surface area contributed by atoms with Gasteiger partial charge in [-0.1, -0.05) is 32.0 Å². The second-order valence-electron chi connectivity index (χ2n) is 10.4. The molecule has 3 saturated carbocycles. The van der Waals surface area contributed by atoms with Gasteiger partial charge in [-0.3, -0.25) is 24.2 Å². The maximum Gasteiger partial charge on any atom is 0.233 e. The molecular weight excluding hydrogens is 390 g/mol. The summed E-state index contributed by atoms with van der Waals surface area (Å²) in [6, 6.07) is 10.5. The summed E-state index contributed by atoms with van der Waals surface area (Å²) in [5.74, 6) is -0.646. The molecule has 5 aliphatic rings. The molecular formula is C25H33N3O3. The van der Waals surface area contributed by atoms with E-state index in [1.165, 1.54) is 10.6 Å². The highest BCUT2D eigenvalue weighted by molar-refractivity contribution is 6.09. The Labute approximate surface area is 184 Å². The van der Waals surface area contributed by atoms with Crippen LogP contribution >= 0.6 is 0 Å². The van der Waals surface area contributed by atoms with Crippen molar-refractivity contribution in [1.29, 1.82) is 0 Å². The maximum atomic E-state index is 13.2. The highest BCUT2D eigenvalue weighted by Gasteiger charge is 2.66. The van der Waals surface area contributed by atoms with Crippen LogP contribution in [0, 0.1) is 29.1 Å². The van der Waals surface area contributed by atoms with Crippen molar-refractivity contribution in [2.24, 2.45) is 29.1 Å². The molecule has 1 aromatic carbocycles. The standard InChI is InChI=1S/C25H33N3O3/c1-17-15-25(2)16-19(29)20(17)21-22(25)24(31)28(23(21)30)10-6-9-26-11-13-27(14-12-26)18-7-4-3-5-8-18/h3-5,7-8,17,20-22H,6,9-16H2,1-2H3/t17?,20-,21?,22?,25+/m0/s1. The van der Waals surface area contributed by atoms with Crippen molar-refractivity contribution in [2.45, 2.75) is 33.1 Å². The van der Waals surface area contributed by atoms with Crippen LogP contribution in [-0.2, 0) is 14.4 Å². The van der Waals surface area contributed by atoms with Gasteiger partial charge in [0.1, 0.15) is 5.78 Å². The number of nitrogens with zero attached hydrogens (tertiary/aromatic N) is 3. The van der Waals surface area contributed by atoms with Crippen LogP contribution in [0.15, 0.2) is 30.3 Å². The highest BCUT2D eigenvalue weighted by atomic mass is 16.2. The number of benzene rings is 1. The summed E-state index contributed by atoms with van der Waals surface area (Å²) in [6.07, 6.45) is 2.14. The number of hydrogen-bond acceptors (Lipinski definition) is 5. The summed E-state index contributed by atoms with van der Waals surface area (Å²) in [6.45, 7) is 9.48. The molecule has 0 radical (unpaired) electrons. The Morgan fingerprint density at radius 2 is 1.65 bits per heavy atom. The molecule has 5 fully saturated rings. The Bertz CT molecular complexity index is 879. The number of likely N-dealkylation sites (tertiary alicyclic amines) is 1. The summed E-state index contributed by atoms with van der Waals surface area (Å²) >= 11 is 0. The molecule has 31 heavy (non-hydrogen) atoms. The molecule has 2 heterocycles. The number of para-hydroxylation sites is 1. The van der Waals surface area contributed by atoms with Crippen molar-refractivity contribution >= 4 is 23.3 Å². The third kappa shape index (κ3) is 3.39. The third-order valence-corrected chi connectivity index (χ3v) is 8.28. The number of piperazine rings is 1. The number of hydrogen-bond donors (Lipinski definition) is 0. The minimum atomic E-state index is -0.406. The fourth-order valence-electron chi connectivity index (χ4n) is 6.95. The van der Waals surface area contributed by atoms with E-state index in [-0.39, 0.29) is 40.8 Å². The molecule has 1 aromatic rings. The molecule has 2 amide bonds. The van der Waals surface area contributed by atoms with Gasteiger partial charge in [0, 0.05) is 50.7 Å². The van der Waals surface area contributed by atoms with Crippen LogP contribution < -0.4 is 4.90 Å². The van der Waals surface area contributed by atoms with E-state index in [1.807, 2.05) is 6.07 Å². The molecule has 2 saturated heterocycles. The van der Waals surface area contributed by atoms with Crippen LogP contribution in [0.25, 0.3) is 0 Å². The first-order valence-electron chi connectivity index (χ1n) is 11.8. The lowest BCUT2D eigenvalue weighted by molar-refractivity contribution is -0.157. The van der Waals surface area contributed by atoms with Gasteiger partial charge in [-0.2, -0.15) is 0 Å². The molecule has 0 N–H and O–H groups in total. The number of rotatable bonds is 5. The smallest absolute Gasteiger partial charge is 0.233 e. The molecule has 6 nitrogen and oxygen atoms in total. The van der Waals surface area contributed by atoms with Crippen LogP contribution in [0.3, 0.4) is 0 Å². The number of carbonyl (C=O) groups is 3. The molecule has 6 rings (SSSR count). The van der Waals surface area contributed by atoms with Crippen molar-refractivity contribution in [1.82, 2.24) is 9.80 Å². The van der Waals surface area contributed by atoms with E-state index >= 15 is 0 Å². The second-order valence-corrected chi connectivity index (χ2v) is 10.4. The molecule has 2 aliphatic heterocycles. The first-order valence-corrected chi connectivity index (χ1v) is 11.8. The van der Waals surface area contributed by atoms with Crippen molar-refractivity contribution in [3.05, 3.63) is 30.3 Å². The summed E-state index contributed by atoms with van der Waals surface area (Å²) in [7, 11) is 0. The SMILES string of the molecule is CC1C[C@]2(C)CC(=O)[C@H]1C1C(=O)N(CCCN3CCN(c4ccccc4)CC3)C(=O)C12. The lowest BCUT2D eigenvalue weighted by Gasteiger charge is -2.52. The molecule has 3 aliphatic carbocycles. The largest absolute Gasteiger partial charge is 0.369 e. The van der Waals surface area contributed by atoms with Crippen molar-refractivity contribution in [2.75, 3.05) is 44.2 Å². The Morgan fingerprint density at radius 1 is 0.935 bits per heavy atom. The van der Waals surface area contributed by atoms with E-state index < -0.39 is 5.92 Å².